The number of sulfonamides is 1. The third-order valence-corrected chi connectivity index (χ3v) is 7.89. The summed E-state index contributed by atoms with van der Waals surface area (Å²) >= 11 is 0. The number of ether oxygens (including phenoxy) is 1. The number of hydrogen-bond donors (Lipinski definition) is 3. The standard InChI is InChI=1S/C24H23NO6S/c26-18-13-19-22(17-9-3-7-15(24(17)31-19)11-12-21(27)28)23(18)25-32(29,30)20-10-4-6-14-5-1-2-8-16(14)20/h1-10,18-19,22-23,25-26H,11-13H2,(H,27,28). The van der Waals surface area contributed by atoms with Crippen LogP contribution in [0.4, 0.5) is 0 Å². The zero-order valence-corrected chi connectivity index (χ0v) is 18.0. The van der Waals surface area contributed by atoms with Crippen LogP contribution in [0.1, 0.15) is 29.9 Å². The van der Waals surface area contributed by atoms with Crippen LogP contribution in [0.5, 0.6) is 5.75 Å². The molecule has 0 spiro atoms. The number of carbonyl (C=O) groups is 1. The Morgan fingerprint density at radius 3 is 2.62 bits per heavy atom. The van der Waals surface area contributed by atoms with Crippen molar-refractivity contribution in [3.63, 3.8) is 0 Å². The molecule has 5 rings (SSSR count). The quantitative estimate of drug-likeness (QED) is 0.529. The molecule has 3 N–H and O–H groups in total. The van der Waals surface area contributed by atoms with E-state index in [-0.39, 0.29) is 23.3 Å². The van der Waals surface area contributed by atoms with Gasteiger partial charge in [-0.15, -0.1) is 0 Å². The second-order valence-corrected chi connectivity index (χ2v) is 10.0. The minimum absolute atomic E-state index is 0.0189. The fourth-order valence-electron chi connectivity index (χ4n) is 4.94. The van der Waals surface area contributed by atoms with Gasteiger partial charge in [-0.2, -0.15) is 0 Å². The molecule has 1 heterocycles. The molecular formula is C24H23NO6S. The lowest BCUT2D eigenvalue weighted by atomic mass is 9.92. The van der Waals surface area contributed by atoms with E-state index in [2.05, 4.69) is 4.72 Å². The van der Waals surface area contributed by atoms with Gasteiger partial charge in [0.05, 0.1) is 17.0 Å². The summed E-state index contributed by atoms with van der Waals surface area (Å²) in [5, 5.41) is 21.2. The van der Waals surface area contributed by atoms with Crippen molar-refractivity contribution in [1.29, 1.82) is 0 Å². The zero-order chi connectivity index (χ0) is 22.5. The minimum Gasteiger partial charge on any atom is -0.489 e. The number of carboxylic acids is 1. The van der Waals surface area contributed by atoms with E-state index in [1.165, 1.54) is 0 Å². The number of aliphatic hydroxyl groups excluding tert-OH is 1. The molecule has 1 aliphatic carbocycles. The van der Waals surface area contributed by atoms with Crippen LogP contribution in [0.3, 0.4) is 0 Å². The van der Waals surface area contributed by atoms with Gasteiger partial charge in [-0.1, -0.05) is 54.6 Å². The van der Waals surface area contributed by atoms with Crippen LogP contribution >= 0.6 is 0 Å². The maximum Gasteiger partial charge on any atom is 0.303 e. The molecule has 1 fully saturated rings. The predicted octanol–water partition coefficient (Wildman–Crippen LogP) is 2.81. The summed E-state index contributed by atoms with van der Waals surface area (Å²) in [5.41, 5.74) is 1.59. The Morgan fingerprint density at radius 1 is 1.06 bits per heavy atom. The Labute approximate surface area is 185 Å². The minimum atomic E-state index is -3.92. The number of aliphatic carboxylic acids is 1. The molecule has 1 aliphatic heterocycles. The third kappa shape index (κ3) is 3.54. The van der Waals surface area contributed by atoms with Crippen molar-refractivity contribution in [2.75, 3.05) is 0 Å². The highest BCUT2D eigenvalue weighted by atomic mass is 32.2. The van der Waals surface area contributed by atoms with E-state index in [9.17, 15) is 18.3 Å². The van der Waals surface area contributed by atoms with Crippen LogP contribution in [0.2, 0.25) is 0 Å². The van der Waals surface area contributed by atoms with Crippen LogP contribution in [-0.4, -0.2) is 42.8 Å². The molecule has 0 radical (unpaired) electrons. The largest absolute Gasteiger partial charge is 0.489 e. The number of nitrogens with one attached hydrogen (secondary N) is 1. The van der Waals surface area contributed by atoms with E-state index < -0.39 is 28.1 Å². The maximum absolute atomic E-state index is 13.4. The highest BCUT2D eigenvalue weighted by Crippen LogP contribution is 2.49. The fourth-order valence-corrected chi connectivity index (χ4v) is 6.46. The number of hydrogen-bond acceptors (Lipinski definition) is 5. The first-order valence-corrected chi connectivity index (χ1v) is 12.0. The molecule has 4 unspecified atom stereocenters. The highest BCUT2D eigenvalue weighted by molar-refractivity contribution is 7.89. The van der Waals surface area contributed by atoms with Gasteiger partial charge in [-0.05, 0) is 23.4 Å². The predicted molar refractivity (Wildman–Crippen MR) is 118 cm³/mol. The summed E-state index contributed by atoms with van der Waals surface area (Å²) < 4.78 is 35.6. The van der Waals surface area contributed by atoms with Crippen LogP contribution in [0.25, 0.3) is 10.8 Å². The SMILES string of the molecule is O=C(O)CCc1cccc2c1OC1CC(O)C(NS(=O)(=O)c3cccc4ccccc34)C21. The van der Waals surface area contributed by atoms with E-state index >= 15 is 0 Å². The van der Waals surface area contributed by atoms with Crippen molar-refractivity contribution >= 4 is 26.8 Å². The molecule has 2 aliphatic rings. The van der Waals surface area contributed by atoms with E-state index in [4.69, 9.17) is 9.84 Å². The molecule has 0 saturated heterocycles. The van der Waals surface area contributed by atoms with Gasteiger partial charge in [0.1, 0.15) is 11.9 Å². The van der Waals surface area contributed by atoms with Crippen molar-refractivity contribution in [1.82, 2.24) is 4.72 Å². The molecule has 7 nitrogen and oxygen atoms in total. The Balaban J connectivity index is 1.48. The monoisotopic (exact) mass is 453 g/mol. The molecule has 0 amide bonds. The Bertz CT molecular complexity index is 1300. The fraction of sp³-hybridized carbons (Fsp3) is 0.292. The first kappa shape index (κ1) is 20.9. The number of fused-ring (bicyclic) bond motifs is 4. The summed E-state index contributed by atoms with van der Waals surface area (Å²) in [6.07, 6.45) is -0.667. The number of aliphatic hydroxyl groups is 1. The average molecular weight is 454 g/mol. The van der Waals surface area contributed by atoms with Crippen molar-refractivity contribution in [2.24, 2.45) is 0 Å². The Kier molecular flexibility index (Phi) is 5.16. The van der Waals surface area contributed by atoms with Crippen molar-refractivity contribution < 1.29 is 28.2 Å². The van der Waals surface area contributed by atoms with E-state index in [0.717, 1.165) is 16.5 Å². The van der Waals surface area contributed by atoms with Crippen LogP contribution in [0, 0.1) is 0 Å². The van der Waals surface area contributed by atoms with Gasteiger partial charge >= 0.3 is 5.97 Å². The smallest absolute Gasteiger partial charge is 0.303 e. The average Bonchev–Trinajstić information content (AvgIpc) is 3.27. The second-order valence-electron chi connectivity index (χ2n) is 8.34. The van der Waals surface area contributed by atoms with Gasteiger partial charge in [0.2, 0.25) is 10.0 Å². The van der Waals surface area contributed by atoms with Crippen molar-refractivity contribution in [2.45, 2.75) is 48.3 Å². The lowest BCUT2D eigenvalue weighted by Crippen LogP contribution is -2.43. The van der Waals surface area contributed by atoms with Gasteiger partial charge in [-0.3, -0.25) is 4.79 Å². The maximum atomic E-state index is 13.4. The Hall–Kier alpha value is -2.94. The van der Waals surface area contributed by atoms with Crippen LogP contribution in [-0.2, 0) is 21.2 Å². The molecule has 32 heavy (non-hydrogen) atoms. The summed E-state index contributed by atoms with van der Waals surface area (Å²) in [6, 6.07) is 17.1. The van der Waals surface area contributed by atoms with Crippen LogP contribution < -0.4 is 9.46 Å². The molecule has 3 aromatic rings. The molecule has 8 heteroatoms. The van der Waals surface area contributed by atoms with E-state index in [0.29, 0.717) is 24.0 Å². The van der Waals surface area contributed by atoms with Gasteiger partial charge in [0, 0.05) is 29.7 Å². The lowest BCUT2D eigenvalue weighted by molar-refractivity contribution is -0.136. The lowest BCUT2D eigenvalue weighted by Gasteiger charge is -2.22. The number of para-hydroxylation sites is 1. The number of benzene rings is 3. The molecule has 166 valence electrons. The summed E-state index contributed by atoms with van der Waals surface area (Å²) in [4.78, 5) is 11.2. The normalized spacial score (nSPS) is 24.2. The molecular weight excluding hydrogens is 430 g/mol. The zero-order valence-electron chi connectivity index (χ0n) is 17.1. The van der Waals surface area contributed by atoms with E-state index in [1.54, 1.807) is 24.3 Å². The molecule has 4 atom stereocenters. The highest BCUT2D eigenvalue weighted by Gasteiger charge is 2.51. The van der Waals surface area contributed by atoms with Crippen molar-refractivity contribution in [3.8, 4) is 5.75 Å². The van der Waals surface area contributed by atoms with Crippen LogP contribution in [0.15, 0.2) is 65.6 Å². The number of carboxylic acid groups (broad SMARTS) is 1. The number of rotatable bonds is 6. The summed E-state index contributed by atoms with van der Waals surface area (Å²) in [7, 11) is -3.92. The second kappa shape index (κ2) is 7.88. The molecule has 1 saturated carbocycles. The first-order valence-electron chi connectivity index (χ1n) is 10.5. The Morgan fingerprint density at radius 2 is 1.81 bits per heavy atom. The number of aryl methyl sites for hydroxylation is 1. The molecule has 0 aromatic heterocycles. The molecule has 3 aromatic carbocycles. The summed E-state index contributed by atoms with van der Waals surface area (Å²) in [5.74, 6) is -0.628. The van der Waals surface area contributed by atoms with E-state index in [1.807, 2.05) is 36.4 Å². The van der Waals surface area contributed by atoms with Gasteiger partial charge < -0.3 is 14.9 Å². The van der Waals surface area contributed by atoms with Gasteiger partial charge in [0.25, 0.3) is 0 Å². The van der Waals surface area contributed by atoms with Crippen molar-refractivity contribution in [3.05, 3.63) is 71.8 Å². The topological polar surface area (TPSA) is 113 Å². The summed E-state index contributed by atoms with van der Waals surface area (Å²) in [6.45, 7) is 0. The molecule has 0 bridgehead atoms. The van der Waals surface area contributed by atoms with Gasteiger partial charge in [0.15, 0.2) is 0 Å². The first-order chi connectivity index (χ1) is 15.3. The third-order valence-electron chi connectivity index (χ3n) is 6.37. The van der Waals surface area contributed by atoms with Gasteiger partial charge in [-0.25, -0.2) is 13.1 Å².